The molecule has 2 fully saturated rings. The largest absolute Gasteiger partial charge is 0.471 e. The van der Waals surface area contributed by atoms with Crippen LogP contribution in [0.2, 0.25) is 0 Å². The Morgan fingerprint density at radius 2 is 1.42 bits per heavy atom. The molecular weight excluding hydrogens is 708 g/mol. The van der Waals surface area contributed by atoms with Crippen LogP contribution in [0, 0.1) is 5.92 Å². The fourth-order valence-corrected chi connectivity index (χ4v) is 6.41. The van der Waals surface area contributed by atoms with Gasteiger partial charge in [0.05, 0.1) is 17.8 Å². The van der Waals surface area contributed by atoms with E-state index in [9.17, 15) is 43.8 Å². The van der Waals surface area contributed by atoms with Crippen molar-refractivity contribution in [3.05, 3.63) is 47.7 Å². The number of hydrogen-bond donors (Lipinski definition) is 2. The van der Waals surface area contributed by atoms with Crippen LogP contribution in [0.3, 0.4) is 0 Å². The van der Waals surface area contributed by atoms with Gasteiger partial charge in [-0.3, -0.25) is 28.8 Å². The zero-order chi connectivity index (χ0) is 39.2. The highest BCUT2D eigenvalue weighted by Gasteiger charge is 2.68. The van der Waals surface area contributed by atoms with E-state index in [1.165, 1.54) is 32.1 Å². The van der Waals surface area contributed by atoms with Crippen molar-refractivity contribution in [2.45, 2.75) is 102 Å². The highest BCUT2D eigenvalue weighted by molar-refractivity contribution is 5.87. The molecular formula is C35H40O18. The molecule has 0 bridgehead atoms. The normalized spacial score (nSPS) is 31.9. The number of hydrogen-bond acceptors (Lipinski definition) is 18. The highest BCUT2D eigenvalue weighted by atomic mass is 16.8. The van der Waals surface area contributed by atoms with Gasteiger partial charge in [-0.1, -0.05) is 12.1 Å². The number of carbonyl (C=O) groups is 7. The fraction of sp³-hybridized carbons (Fsp3) is 0.514. The number of fused-ring (bicyclic) bond motifs is 1. The Kier molecular flexibility index (Phi) is 12.8. The maximum absolute atomic E-state index is 13.0. The van der Waals surface area contributed by atoms with Gasteiger partial charge in [-0.25, -0.2) is 4.79 Å². The lowest BCUT2D eigenvalue weighted by molar-refractivity contribution is -0.353. The summed E-state index contributed by atoms with van der Waals surface area (Å²) in [6, 6.07) is 6.15. The molecule has 288 valence electrons. The summed E-state index contributed by atoms with van der Waals surface area (Å²) in [5.74, 6) is -6.16. The molecule has 0 spiro atoms. The fourth-order valence-electron chi connectivity index (χ4n) is 6.41. The summed E-state index contributed by atoms with van der Waals surface area (Å²) in [7, 11) is 0. The van der Waals surface area contributed by atoms with Crippen molar-refractivity contribution < 1.29 is 86.4 Å². The van der Waals surface area contributed by atoms with E-state index in [-0.39, 0.29) is 17.6 Å². The number of benzene rings is 1. The van der Waals surface area contributed by atoms with Crippen LogP contribution in [-0.2, 0) is 71.5 Å². The van der Waals surface area contributed by atoms with E-state index in [4.69, 9.17) is 42.6 Å². The molecule has 0 radical (unpaired) electrons. The van der Waals surface area contributed by atoms with Gasteiger partial charge < -0.3 is 52.8 Å². The number of carbonyl (C=O) groups excluding carboxylic acids is 7. The van der Waals surface area contributed by atoms with Crippen LogP contribution in [0.1, 0.15) is 53.5 Å². The maximum Gasteiger partial charge on any atom is 0.331 e. The maximum atomic E-state index is 13.0. The standard InChI is InChI=1S/C35H40O18/c1-17(37)45-16-25-28(48-19(3)39)29(49-20(4)40)30(50-21(5)41)32(51-25)53-33-31-34(6,43)26(13-35(31,44)23(14-36)15-46-33)52-27(42)12-9-22-7-10-24(11-8-22)47-18(2)38/h7-12,14-15,25-26,28-33,43-44H,13,16H2,1-6H3/b12-9+/t25-,26+,28-,29+,30-,31-,32+,33+,34+,35+/m1/s1. The number of aldehydes is 1. The lowest BCUT2D eigenvalue weighted by Crippen LogP contribution is -2.64. The van der Waals surface area contributed by atoms with Crippen LogP contribution in [0.4, 0.5) is 0 Å². The van der Waals surface area contributed by atoms with Crippen molar-refractivity contribution in [3.8, 4) is 5.75 Å². The Balaban J connectivity index is 1.64. The lowest BCUT2D eigenvalue weighted by Gasteiger charge is -2.47. The zero-order valence-electron chi connectivity index (χ0n) is 29.6. The van der Waals surface area contributed by atoms with E-state index < -0.39 is 109 Å². The Hall–Kier alpha value is -5.17. The van der Waals surface area contributed by atoms with Gasteiger partial charge in [-0.05, 0) is 30.7 Å². The Bertz CT molecular complexity index is 1650. The van der Waals surface area contributed by atoms with Gasteiger partial charge in [0.2, 0.25) is 12.6 Å². The minimum atomic E-state index is -2.23. The second-order valence-corrected chi connectivity index (χ2v) is 12.7. The summed E-state index contributed by atoms with van der Waals surface area (Å²) in [6.07, 6.45) is -8.07. The van der Waals surface area contributed by atoms with E-state index in [2.05, 4.69) is 0 Å². The van der Waals surface area contributed by atoms with E-state index in [1.807, 2.05) is 0 Å². The molecule has 0 aromatic heterocycles. The summed E-state index contributed by atoms with van der Waals surface area (Å²) in [6.45, 7) is 6.11. The Morgan fingerprint density at radius 3 is 1.98 bits per heavy atom. The molecule has 10 atom stereocenters. The third-order valence-corrected chi connectivity index (χ3v) is 8.55. The average molecular weight is 749 g/mol. The minimum Gasteiger partial charge on any atom is -0.471 e. The second-order valence-electron chi connectivity index (χ2n) is 12.7. The molecule has 0 unspecified atom stereocenters. The first-order chi connectivity index (χ1) is 24.8. The Labute approximate surface area is 302 Å². The van der Waals surface area contributed by atoms with Crippen molar-refractivity contribution in [2.75, 3.05) is 6.61 Å². The monoisotopic (exact) mass is 748 g/mol. The molecule has 1 saturated heterocycles. The van der Waals surface area contributed by atoms with Gasteiger partial charge in [0, 0.05) is 47.1 Å². The molecule has 18 heteroatoms. The predicted molar refractivity (Wildman–Crippen MR) is 172 cm³/mol. The van der Waals surface area contributed by atoms with Gasteiger partial charge in [-0.2, -0.15) is 0 Å². The number of rotatable bonds is 12. The molecule has 1 aromatic carbocycles. The molecule has 0 amide bonds. The van der Waals surface area contributed by atoms with Gasteiger partial charge in [-0.15, -0.1) is 0 Å². The Morgan fingerprint density at radius 1 is 0.811 bits per heavy atom. The molecule has 2 aliphatic heterocycles. The quantitative estimate of drug-likeness (QED) is 0.0976. The third-order valence-electron chi connectivity index (χ3n) is 8.55. The van der Waals surface area contributed by atoms with Gasteiger partial charge >= 0.3 is 35.8 Å². The molecule has 4 rings (SSSR count). The van der Waals surface area contributed by atoms with Gasteiger partial charge in [0.15, 0.2) is 24.6 Å². The second kappa shape index (κ2) is 16.7. The summed E-state index contributed by atoms with van der Waals surface area (Å²) in [4.78, 5) is 84.5. The third kappa shape index (κ3) is 9.64. The molecule has 3 aliphatic rings. The van der Waals surface area contributed by atoms with E-state index in [0.29, 0.717) is 5.56 Å². The molecule has 1 aromatic rings. The SMILES string of the molecule is CC(=O)OC[C@H]1O[C@@H](O[C@@H]2OC=C(C=O)[C@@]3(O)C[C@H](OC(=O)/C=C/c4ccc(OC(C)=O)cc4)[C@](C)(O)[C@@H]23)[C@H](OC(C)=O)[C@@H](OC(C)=O)[C@@H]1OC(C)=O. The van der Waals surface area contributed by atoms with Crippen LogP contribution in [-0.4, -0.2) is 113 Å². The summed E-state index contributed by atoms with van der Waals surface area (Å²) < 4.78 is 49.5. The number of aliphatic hydroxyl groups is 2. The topological polar surface area (TPSA) is 243 Å². The van der Waals surface area contributed by atoms with Crippen molar-refractivity contribution in [3.63, 3.8) is 0 Å². The first-order valence-corrected chi connectivity index (χ1v) is 16.2. The molecule has 1 aliphatic carbocycles. The number of ether oxygens (including phenoxy) is 9. The molecule has 53 heavy (non-hydrogen) atoms. The van der Waals surface area contributed by atoms with Crippen molar-refractivity contribution >= 4 is 48.2 Å². The van der Waals surface area contributed by atoms with Crippen LogP contribution < -0.4 is 4.74 Å². The van der Waals surface area contributed by atoms with Crippen LogP contribution >= 0.6 is 0 Å². The first-order valence-electron chi connectivity index (χ1n) is 16.2. The smallest absolute Gasteiger partial charge is 0.331 e. The van der Waals surface area contributed by atoms with E-state index in [1.54, 1.807) is 12.1 Å². The molecule has 2 heterocycles. The van der Waals surface area contributed by atoms with Crippen molar-refractivity contribution in [2.24, 2.45) is 5.92 Å². The average Bonchev–Trinajstić information content (AvgIpc) is 3.26. The summed E-state index contributed by atoms with van der Waals surface area (Å²) in [5, 5.41) is 23.8. The van der Waals surface area contributed by atoms with Crippen LogP contribution in [0.5, 0.6) is 5.75 Å². The minimum absolute atomic E-state index is 0.289. The molecule has 1 saturated carbocycles. The lowest BCUT2D eigenvalue weighted by atomic mass is 9.78. The highest BCUT2D eigenvalue weighted by Crippen LogP contribution is 2.53. The van der Waals surface area contributed by atoms with Crippen molar-refractivity contribution in [1.29, 1.82) is 0 Å². The predicted octanol–water partition coefficient (Wildman–Crippen LogP) is 0.578. The summed E-state index contributed by atoms with van der Waals surface area (Å²) >= 11 is 0. The van der Waals surface area contributed by atoms with Gasteiger partial charge in [0.25, 0.3) is 0 Å². The number of esters is 6. The zero-order valence-corrected chi connectivity index (χ0v) is 29.6. The van der Waals surface area contributed by atoms with Crippen LogP contribution in [0.15, 0.2) is 42.2 Å². The summed E-state index contributed by atoms with van der Waals surface area (Å²) in [5.41, 5.74) is -4.21. The first kappa shape index (κ1) is 40.6. The molecule has 18 nitrogen and oxygen atoms in total. The van der Waals surface area contributed by atoms with E-state index in [0.717, 1.165) is 40.0 Å². The van der Waals surface area contributed by atoms with E-state index >= 15 is 0 Å². The van der Waals surface area contributed by atoms with Gasteiger partial charge in [0.1, 0.15) is 35.8 Å². The van der Waals surface area contributed by atoms with Crippen LogP contribution in [0.25, 0.3) is 6.08 Å². The van der Waals surface area contributed by atoms with Crippen molar-refractivity contribution in [1.82, 2.24) is 0 Å². The molecule has 2 N–H and O–H groups in total.